The molecule has 0 aliphatic heterocycles. The third kappa shape index (κ3) is 2.44. The number of thiophene rings is 1. The van der Waals surface area contributed by atoms with Crippen LogP contribution in [0.3, 0.4) is 0 Å². The van der Waals surface area contributed by atoms with E-state index in [1.165, 1.54) is 4.88 Å². The van der Waals surface area contributed by atoms with Crippen molar-refractivity contribution in [2.45, 2.75) is 18.9 Å². The molecular formula is C9H12BrNS. The third-order valence-corrected chi connectivity index (χ3v) is 3.67. The number of rotatable bonds is 4. The van der Waals surface area contributed by atoms with Crippen LogP contribution in [0.4, 0.5) is 0 Å². The lowest BCUT2D eigenvalue weighted by Crippen LogP contribution is -2.08. The summed E-state index contributed by atoms with van der Waals surface area (Å²) in [6.07, 6.45) is 3.86. The maximum Gasteiger partial charge on any atom is 0.0404 e. The Morgan fingerprint density at radius 1 is 1.75 bits per heavy atom. The van der Waals surface area contributed by atoms with E-state index in [4.69, 9.17) is 5.73 Å². The fourth-order valence-electron chi connectivity index (χ4n) is 0.998. The molecule has 0 bridgehead atoms. The van der Waals surface area contributed by atoms with Crippen molar-refractivity contribution in [3.8, 4) is 0 Å². The van der Waals surface area contributed by atoms with Crippen molar-refractivity contribution in [1.29, 1.82) is 0 Å². The van der Waals surface area contributed by atoms with Gasteiger partial charge in [0.05, 0.1) is 0 Å². The first-order valence-electron chi connectivity index (χ1n) is 3.85. The molecule has 66 valence electrons. The van der Waals surface area contributed by atoms with Crippen LogP contribution in [0.5, 0.6) is 0 Å². The Balaban J connectivity index is 2.58. The van der Waals surface area contributed by atoms with Gasteiger partial charge in [-0.2, -0.15) is 0 Å². The van der Waals surface area contributed by atoms with Crippen molar-refractivity contribution >= 4 is 27.3 Å². The van der Waals surface area contributed by atoms with Crippen LogP contribution in [0, 0.1) is 0 Å². The van der Waals surface area contributed by atoms with Crippen LogP contribution in [0.2, 0.25) is 0 Å². The van der Waals surface area contributed by atoms with Crippen LogP contribution < -0.4 is 5.73 Å². The van der Waals surface area contributed by atoms with Crippen molar-refractivity contribution < 1.29 is 0 Å². The van der Waals surface area contributed by atoms with Gasteiger partial charge in [-0.1, -0.05) is 6.08 Å². The van der Waals surface area contributed by atoms with Gasteiger partial charge < -0.3 is 5.73 Å². The number of hydrogen-bond acceptors (Lipinski definition) is 2. The van der Waals surface area contributed by atoms with Gasteiger partial charge in [0.25, 0.3) is 0 Å². The number of hydrogen-bond donors (Lipinski definition) is 1. The van der Waals surface area contributed by atoms with Gasteiger partial charge in [-0.15, -0.1) is 17.9 Å². The summed E-state index contributed by atoms with van der Waals surface area (Å²) >= 11 is 5.17. The van der Waals surface area contributed by atoms with Gasteiger partial charge in [0, 0.05) is 15.4 Å². The highest BCUT2D eigenvalue weighted by Crippen LogP contribution is 2.29. The summed E-state index contributed by atoms with van der Waals surface area (Å²) in [5, 5.41) is 2.05. The molecule has 0 aliphatic rings. The Morgan fingerprint density at radius 3 is 3.00 bits per heavy atom. The maximum atomic E-state index is 5.96. The van der Waals surface area contributed by atoms with Crippen molar-refractivity contribution in [3.05, 3.63) is 33.5 Å². The van der Waals surface area contributed by atoms with E-state index in [-0.39, 0.29) is 6.04 Å². The monoisotopic (exact) mass is 245 g/mol. The van der Waals surface area contributed by atoms with E-state index in [1.54, 1.807) is 11.3 Å². The lowest BCUT2D eigenvalue weighted by molar-refractivity contribution is 0.670. The molecule has 1 unspecified atom stereocenters. The molecule has 0 saturated carbocycles. The second-order valence-corrected chi connectivity index (χ2v) is 4.41. The van der Waals surface area contributed by atoms with E-state index in [0.29, 0.717) is 0 Å². The van der Waals surface area contributed by atoms with Crippen LogP contribution in [0.1, 0.15) is 23.8 Å². The zero-order valence-corrected chi connectivity index (χ0v) is 9.20. The number of halogens is 1. The van der Waals surface area contributed by atoms with E-state index in [0.717, 1.165) is 17.3 Å². The zero-order chi connectivity index (χ0) is 8.97. The van der Waals surface area contributed by atoms with Gasteiger partial charge in [-0.25, -0.2) is 0 Å². The van der Waals surface area contributed by atoms with Crippen molar-refractivity contribution in [3.63, 3.8) is 0 Å². The summed E-state index contributed by atoms with van der Waals surface area (Å²) in [7, 11) is 0. The smallest absolute Gasteiger partial charge is 0.0404 e. The largest absolute Gasteiger partial charge is 0.323 e. The summed E-state index contributed by atoms with van der Waals surface area (Å²) < 4.78 is 1.13. The molecule has 0 amide bonds. The average Bonchev–Trinajstić information content (AvgIpc) is 2.47. The third-order valence-electron chi connectivity index (χ3n) is 1.66. The average molecular weight is 246 g/mol. The van der Waals surface area contributed by atoms with Gasteiger partial charge in [0.15, 0.2) is 0 Å². The van der Waals surface area contributed by atoms with Crippen LogP contribution in [-0.2, 0) is 0 Å². The molecule has 0 fully saturated rings. The quantitative estimate of drug-likeness (QED) is 0.809. The second-order valence-electron chi connectivity index (χ2n) is 2.61. The molecule has 1 atom stereocenters. The van der Waals surface area contributed by atoms with E-state index < -0.39 is 0 Å². The molecular weight excluding hydrogens is 234 g/mol. The highest BCUT2D eigenvalue weighted by molar-refractivity contribution is 9.10. The fraction of sp³-hybridized carbons (Fsp3) is 0.333. The van der Waals surface area contributed by atoms with Gasteiger partial charge in [0.2, 0.25) is 0 Å². The molecule has 1 nitrogen and oxygen atoms in total. The molecule has 1 aromatic rings. The summed E-state index contributed by atoms with van der Waals surface area (Å²) in [6, 6.07) is 2.19. The van der Waals surface area contributed by atoms with Crippen LogP contribution in [0.15, 0.2) is 28.6 Å². The van der Waals surface area contributed by atoms with Crippen molar-refractivity contribution in [2.24, 2.45) is 5.73 Å². The van der Waals surface area contributed by atoms with E-state index in [1.807, 2.05) is 17.5 Å². The first-order valence-corrected chi connectivity index (χ1v) is 5.52. The first kappa shape index (κ1) is 9.96. The van der Waals surface area contributed by atoms with Crippen LogP contribution in [0.25, 0.3) is 0 Å². The van der Waals surface area contributed by atoms with E-state index in [2.05, 4.69) is 22.5 Å². The van der Waals surface area contributed by atoms with E-state index >= 15 is 0 Å². The molecule has 2 N–H and O–H groups in total. The second kappa shape index (κ2) is 4.80. The molecule has 0 radical (unpaired) electrons. The summed E-state index contributed by atoms with van der Waals surface area (Å²) in [4.78, 5) is 1.23. The normalized spacial score (nSPS) is 12.8. The minimum Gasteiger partial charge on any atom is -0.323 e. The topological polar surface area (TPSA) is 26.0 Å². The fourth-order valence-corrected chi connectivity index (χ4v) is 2.70. The molecule has 0 saturated heterocycles. The summed E-state index contributed by atoms with van der Waals surface area (Å²) in [6.45, 7) is 3.67. The van der Waals surface area contributed by atoms with Gasteiger partial charge in [-0.3, -0.25) is 0 Å². The molecule has 1 aromatic heterocycles. The molecule has 0 spiro atoms. The SMILES string of the molecule is C=CCCC(N)c1sccc1Br. The van der Waals surface area contributed by atoms with Crippen molar-refractivity contribution in [2.75, 3.05) is 0 Å². The Kier molecular flexibility index (Phi) is 3.98. The van der Waals surface area contributed by atoms with Gasteiger partial charge >= 0.3 is 0 Å². The van der Waals surface area contributed by atoms with Gasteiger partial charge in [-0.05, 0) is 40.2 Å². The number of nitrogens with two attached hydrogens (primary N) is 1. The minimum absolute atomic E-state index is 0.150. The highest BCUT2D eigenvalue weighted by Gasteiger charge is 2.09. The molecule has 0 aliphatic carbocycles. The predicted molar refractivity (Wildman–Crippen MR) is 58.4 cm³/mol. The van der Waals surface area contributed by atoms with E-state index in [9.17, 15) is 0 Å². The Morgan fingerprint density at radius 2 is 2.50 bits per heavy atom. The van der Waals surface area contributed by atoms with Crippen LogP contribution in [-0.4, -0.2) is 0 Å². The Bertz CT molecular complexity index is 257. The molecule has 12 heavy (non-hydrogen) atoms. The predicted octanol–water partition coefficient (Wildman–Crippen LogP) is 3.48. The zero-order valence-electron chi connectivity index (χ0n) is 6.79. The Labute approximate surface area is 85.4 Å². The first-order chi connectivity index (χ1) is 5.75. The lowest BCUT2D eigenvalue weighted by atomic mass is 10.1. The lowest BCUT2D eigenvalue weighted by Gasteiger charge is -2.07. The minimum atomic E-state index is 0.150. The maximum absolute atomic E-state index is 5.96. The molecule has 1 rings (SSSR count). The standard InChI is InChI=1S/C9H12BrNS/c1-2-3-4-8(11)9-7(10)5-6-12-9/h2,5-6,8H,1,3-4,11H2. The number of allylic oxidation sites excluding steroid dienone is 1. The van der Waals surface area contributed by atoms with Gasteiger partial charge in [0.1, 0.15) is 0 Å². The highest BCUT2D eigenvalue weighted by atomic mass is 79.9. The molecule has 3 heteroatoms. The molecule has 0 aromatic carbocycles. The summed E-state index contributed by atoms with van der Waals surface area (Å²) in [5.74, 6) is 0. The van der Waals surface area contributed by atoms with Crippen molar-refractivity contribution in [1.82, 2.24) is 0 Å². The Hall–Kier alpha value is -0.120. The summed E-state index contributed by atoms with van der Waals surface area (Å²) in [5.41, 5.74) is 5.96. The molecule has 1 heterocycles. The van der Waals surface area contributed by atoms with Crippen LogP contribution >= 0.6 is 27.3 Å².